The van der Waals surface area contributed by atoms with Crippen molar-refractivity contribution >= 4 is 8.80 Å². The fraction of sp³-hybridized carbons (Fsp3) is 1.00. The second kappa shape index (κ2) is 7.46. The molecule has 0 aliphatic carbocycles. The molecule has 0 aliphatic rings. The molecule has 0 radical (unpaired) electrons. The van der Waals surface area contributed by atoms with E-state index in [1.54, 1.807) is 14.2 Å². The monoisotopic (exact) mass is 207 g/mol. The molecule has 13 heavy (non-hydrogen) atoms. The lowest BCUT2D eigenvalue weighted by molar-refractivity contribution is 0.0975. The minimum Gasteiger partial charge on any atom is -0.377 e. The largest absolute Gasteiger partial charge is 0.500 e. The fourth-order valence-corrected chi connectivity index (χ4v) is 3.12. The van der Waals surface area contributed by atoms with Crippen molar-refractivity contribution in [2.24, 2.45) is 5.73 Å². The highest BCUT2D eigenvalue weighted by Crippen LogP contribution is 2.15. The van der Waals surface area contributed by atoms with E-state index >= 15 is 0 Å². The number of hydrogen-bond acceptors (Lipinski definition) is 4. The van der Waals surface area contributed by atoms with Crippen molar-refractivity contribution in [1.82, 2.24) is 0 Å². The summed E-state index contributed by atoms with van der Waals surface area (Å²) in [6.07, 6.45) is 1.86. The lowest BCUT2D eigenvalue weighted by atomic mass is 10.5. The third kappa shape index (κ3) is 4.73. The summed E-state index contributed by atoms with van der Waals surface area (Å²) in [4.78, 5) is 0. The van der Waals surface area contributed by atoms with Gasteiger partial charge in [0, 0.05) is 26.9 Å². The van der Waals surface area contributed by atoms with Gasteiger partial charge in [0.2, 0.25) is 0 Å². The molecule has 0 amide bonds. The van der Waals surface area contributed by atoms with Gasteiger partial charge in [-0.1, -0.05) is 13.3 Å². The van der Waals surface area contributed by atoms with E-state index < -0.39 is 8.80 Å². The van der Waals surface area contributed by atoms with Crippen LogP contribution in [0.3, 0.4) is 0 Å². The van der Waals surface area contributed by atoms with Crippen molar-refractivity contribution < 1.29 is 13.3 Å². The second-order valence-corrected chi connectivity index (χ2v) is 5.80. The maximum absolute atomic E-state index is 5.62. The smallest absolute Gasteiger partial charge is 0.377 e. The van der Waals surface area contributed by atoms with Crippen LogP contribution in [0.5, 0.6) is 0 Å². The molecule has 0 aromatic heterocycles. The third-order valence-electron chi connectivity index (χ3n) is 1.85. The predicted octanol–water partition coefficient (Wildman–Crippen LogP) is 0.993. The average molecular weight is 207 g/mol. The first kappa shape index (κ1) is 13.1. The Bertz CT molecular complexity index is 120. The van der Waals surface area contributed by atoms with E-state index in [2.05, 4.69) is 6.92 Å². The van der Waals surface area contributed by atoms with E-state index in [0.717, 1.165) is 18.9 Å². The highest BCUT2D eigenvalue weighted by Gasteiger charge is 2.37. The van der Waals surface area contributed by atoms with Crippen molar-refractivity contribution in [2.75, 3.05) is 27.4 Å². The first-order valence-corrected chi connectivity index (χ1v) is 6.62. The Morgan fingerprint density at radius 2 is 1.85 bits per heavy atom. The maximum atomic E-state index is 5.62. The van der Waals surface area contributed by atoms with Crippen molar-refractivity contribution in [2.45, 2.75) is 25.8 Å². The van der Waals surface area contributed by atoms with E-state index in [-0.39, 0.29) is 0 Å². The van der Waals surface area contributed by atoms with E-state index in [9.17, 15) is 0 Å². The van der Waals surface area contributed by atoms with E-state index in [1.165, 1.54) is 0 Å². The quantitative estimate of drug-likeness (QED) is 0.476. The molecule has 0 heterocycles. The molecule has 80 valence electrons. The van der Waals surface area contributed by atoms with Crippen LogP contribution in [0, 0.1) is 0 Å². The molecule has 0 rings (SSSR count). The topological polar surface area (TPSA) is 53.7 Å². The summed E-state index contributed by atoms with van der Waals surface area (Å²) in [6, 6.07) is 0.866. The zero-order chi connectivity index (χ0) is 10.2. The average Bonchev–Trinajstić information content (AvgIpc) is 2.17. The van der Waals surface area contributed by atoms with Gasteiger partial charge < -0.3 is 19.0 Å². The van der Waals surface area contributed by atoms with Crippen molar-refractivity contribution in [1.29, 1.82) is 0 Å². The third-order valence-corrected chi connectivity index (χ3v) is 4.85. The Labute approximate surface area is 81.7 Å². The van der Waals surface area contributed by atoms with Crippen molar-refractivity contribution in [3.8, 4) is 0 Å². The van der Waals surface area contributed by atoms with Gasteiger partial charge in [-0.25, -0.2) is 0 Å². The lowest BCUT2D eigenvalue weighted by Gasteiger charge is -2.25. The van der Waals surface area contributed by atoms with E-state index in [1.807, 2.05) is 0 Å². The molecule has 0 spiro atoms. The van der Waals surface area contributed by atoms with Gasteiger partial charge in [-0.2, -0.15) is 0 Å². The number of nitrogens with two attached hydrogens (primary N) is 1. The summed E-state index contributed by atoms with van der Waals surface area (Å²) < 4.78 is 16.3. The second-order valence-electron chi connectivity index (χ2n) is 2.83. The molecule has 0 aromatic carbocycles. The van der Waals surface area contributed by atoms with Crippen molar-refractivity contribution in [3.63, 3.8) is 0 Å². The number of rotatable bonds is 8. The first-order chi connectivity index (χ1) is 6.24. The summed E-state index contributed by atoms with van der Waals surface area (Å²) >= 11 is 0. The summed E-state index contributed by atoms with van der Waals surface area (Å²) in [7, 11) is 0.957. The van der Waals surface area contributed by atoms with Gasteiger partial charge in [0.25, 0.3) is 0 Å². The van der Waals surface area contributed by atoms with Crippen LogP contribution in [0.4, 0.5) is 0 Å². The minimum atomic E-state index is -2.34. The van der Waals surface area contributed by atoms with Crippen LogP contribution in [0.25, 0.3) is 0 Å². The maximum Gasteiger partial charge on any atom is 0.500 e. The Morgan fingerprint density at radius 3 is 2.23 bits per heavy atom. The zero-order valence-corrected chi connectivity index (χ0v) is 9.84. The van der Waals surface area contributed by atoms with Gasteiger partial charge in [0.05, 0.1) is 0 Å². The predicted molar refractivity (Wildman–Crippen MR) is 54.5 cm³/mol. The molecular formula is C8H21NO3Si. The van der Waals surface area contributed by atoms with Gasteiger partial charge in [-0.05, 0) is 13.0 Å². The SMILES string of the molecule is CCC[Si](OC)(OC)OCCCN. The molecule has 0 aromatic rings. The van der Waals surface area contributed by atoms with E-state index in [4.69, 9.17) is 19.0 Å². The van der Waals surface area contributed by atoms with Gasteiger partial charge in [0.15, 0.2) is 0 Å². The van der Waals surface area contributed by atoms with Crippen LogP contribution < -0.4 is 5.73 Å². The molecule has 0 unspecified atom stereocenters. The molecule has 4 nitrogen and oxygen atoms in total. The summed E-state index contributed by atoms with van der Waals surface area (Å²) in [5.74, 6) is 0. The number of hydrogen-bond donors (Lipinski definition) is 1. The normalized spacial score (nSPS) is 12.0. The van der Waals surface area contributed by atoms with Gasteiger partial charge in [-0.3, -0.25) is 0 Å². The Kier molecular flexibility index (Phi) is 7.49. The highest BCUT2D eigenvalue weighted by molar-refractivity contribution is 6.60. The summed E-state index contributed by atoms with van der Waals surface area (Å²) in [5.41, 5.74) is 5.37. The molecule has 2 N–H and O–H groups in total. The van der Waals surface area contributed by atoms with Gasteiger partial charge in [-0.15, -0.1) is 0 Å². The highest BCUT2D eigenvalue weighted by atomic mass is 28.4. The molecule has 5 heteroatoms. The van der Waals surface area contributed by atoms with Gasteiger partial charge >= 0.3 is 8.80 Å². The molecular weight excluding hydrogens is 186 g/mol. The minimum absolute atomic E-state index is 0.629. The molecule has 0 saturated carbocycles. The lowest BCUT2D eigenvalue weighted by Crippen LogP contribution is -2.44. The van der Waals surface area contributed by atoms with Crippen LogP contribution in [0.2, 0.25) is 6.04 Å². The fourth-order valence-electron chi connectivity index (χ4n) is 1.09. The molecule has 0 aliphatic heterocycles. The molecule has 0 bridgehead atoms. The van der Waals surface area contributed by atoms with Crippen LogP contribution in [0.15, 0.2) is 0 Å². The molecule has 0 fully saturated rings. The van der Waals surface area contributed by atoms with Crippen LogP contribution in [-0.4, -0.2) is 36.2 Å². The van der Waals surface area contributed by atoms with E-state index in [0.29, 0.717) is 13.2 Å². The van der Waals surface area contributed by atoms with Gasteiger partial charge in [0.1, 0.15) is 0 Å². The molecule has 0 atom stereocenters. The van der Waals surface area contributed by atoms with Crippen LogP contribution in [0.1, 0.15) is 19.8 Å². The Morgan fingerprint density at radius 1 is 1.23 bits per heavy atom. The Hall–Kier alpha value is 0.0569. The van der Waals surface area contributed by atoms with Crippen molar-refractivity contribution in [3.05, 3.63) is 0 Å². The van der Waals surface area contributed by atoms with Crippen LogP contribution in [-0.2, 0) is 13.3 Å². The summed E-state index contributed by atoms with van der Waals surface area (Å²) in [6.45, 7) is 3.36. The zero-order valence-electron chi connectivity index (χ0n) is 8.84. The first-order valence-electron chi connectivity index (χ1n) is 4.69. The standard InChI is InChI=1S/C8H21NO3Si/c1-4-8-13(10-2,11-3)12-7-5-6-9/h4-9H2,1-3H3. The molecule has 0 saturated heterocycles. The Balaban J connectivity index is 3.89. The van der Waals surface area contributed by atoms with Crippen LogP contribution >= 0.6 is 0 Å². The summed E-state index contributed by atoms with van der Waals surface area (Å²) in [5, 5.41) is 0.